The fourth-order valence-corrected chi connectivity index (χ4v) is 1.41. The van der Waals surface area contributed by atoms with Crippen LogP contribution < -0.4 is 0 Å². The lowest BCUT2D eigenvalue weighted by Gasteiger charge is -2.07. The summed E-state index contributed by atoms with van der Waals surface area (Å²) in [7, 11) is 0. The fourth-order valence-electron chi connectivity index (χ4n) is 1.15. The summed E-state index contributed by atoms with van der Waals surface area (Å²) in [6, 6.07) is 3.21. The first-order chi connectivity index (χ1) is 6.19. The van der Waals surface area contributed by atoms with Gasteiger partial charge in [-0.25, -0.2) is 0 Å². The van der Waals surface area contributed by atoms with Crippen LogP contribution in [0.2, 0.25) is 5.02 Å². The topological polar surface area (TPSA) is 40.5 Å². The molecular formula is C10H11ClO2. The summed E-state index contributed by atoms with van der Waals surface area (Å²) in [5.41, 5.74) is 1.14. The van der Waals surface area contributed by atoms with Crippen molar-refractivity contribution in [3.8, 4) is 5.75 Å². The Bertz CT molecular complexity index is 321. The molecule has 2 N–H and O–H groups in total. The van der Waals surface area contributed by atoms with Gasteiger partial charge in [0, 0.05) is 10.6 Å². The highest BCUT2D eigenvalue weighted by molar-refractivity contribution is 6.30. The van der Waals surface area contributed by atoms with E-state index in [1.807, 2.05) is 0 Å². The van der Waals surface area contributed by atoms with Crippen LogP contribution in [0.4, 0.5) is 0 Å². The molecule has 0 radical (unpaired) electrons. The predicted molar refractivity (Wildman–Crippen MR) is 52.9 cm³/mol. The third-order valence-electron chi connectivity index (χ3n) is 1.77. The van der Waals surface area contributed by atoms with E-state index in [1.165, 1.54) is 0 Å². The van der Waals surface area contributed by atoms with Crippen LogP contribution in [0, 0.1) is 0 Å². The van der Waals surface area contributed by atoms with Gasteiger partial charge in [0.2, 0.25) is 0 Å². The Morgan fingerprint density at radius 1 is 1.38 bits per heavy atom. The van der Waals surface area contributed by atoms with Gasteiger partial charge in [0.15, 0.2) is 0 Å². The van der Waals surface area contributed by atoms with E-state index in [2.05, 4.69) is 6.58 Å². The number of benzene rings is 1. The minimum atomic E-state index is -0.212. The maximum atomic E-state index is 9.58. The zero-order valence-electron chi connectivity index (χ0n) is 7.13. The molecule has 0 aliphatic carbocycles. The van der Waals surface area contributed by atoms with Crippen molar-refractivity contribution >= 4 is 11.6 Å². The zero-order chi connectivity index (χ0) is 9.84. The van der Waals surface area contributed by atoms with Crippen molar-refractivity contribution in [1.82, 2.24) is 0 Å². The molecule has 0 bridgehead atoms. The molecule has 13 heavy (non-hydrogen) atoms. The summed E-state index contributed by atoms with van der Waals surface area (Å²) in [5.74, 6) is 0.104. The maximum absolute atomic E-state index is 9.58. The van der Waals surface area contributed by atoms with Crippen LogP contribution in [0.1, 0.15) is 11.1 Å². The van der Waals surface area contributed by atoms with Crippen LogP contribution in [0.15, 0.2) is 24.8 Å². The van der Waals surface area contributed by atoms with Crippen molar-refractivity contribution < 1.29 is 10.2 Å². The van der Waals surface area contributed by atoms with Gasteiger partial charge >= 0.3 is 0 Å². The molecule has 0 saturated heterocycles. The molecule has 0 unspecified atom stereocenters. The number of aliphatic hydroxyl groups is 1. The van der Waals surface area contributed by atoms with Gasteiger partial charge in [-0.15, -0.1) is 6.58 Å². The van der Waals surface area contributed by atoms with Crippen molar-refractivity contribution in [3.63, 3.8) is 0 Å². The Morgan fingerprint density at radius 3 is 2.54 bits per heavy atom. The first kappa shape index (κ1) is 10.1. The van der Waals surface area contributed by atoms with Gasteiger partial charge in [-0.05, 0) is 24.1 Å². The van der Waals surface area contributed by atoms with Crippen molar-refractivity contribution in [2.24, 2.45) is 0 Å². The highest BCUT2D eigenvalue weighted by atomic mass is 35.5. The SMILES string of the molecule is C=CCc1cc(Cl)cc(CO)c1O. The maximum Gasteiger partial charge on any atom is 0.124 e. The number of hydrogen-bond acceptors (Lipinski definition) is 2. The summed E-state index contributed by atoms with van der Waals surface area (Å²) in [4.78, 5) is 0. The molecule has 0 heterocycles. The zero-order valence-corrected chi connectivity index (χ0v) is 7.88. The van der Waals surface area contributed by atoms with Crippen molar-refractivity contribution in [2.45, 2.75) is 13.0 Å². The van der Waals surface area contributed by atoms with Crippen LogP contribution in [0.5, 0.6) is 5.75 Å². The molecule has 0 aliphatic heterocycles. The number of aromatic hydroxyl groups is 1. The molecule has 0 amide bonds. The monoisotopic (exact) mass is 198 g/mol. The van der Waals surface area contributed by atoms with Crippen LogP contribution >= 0.6 is 11.6 Å². The predicted octanol–water partition coefficient (Wildman–Crippen LogP) is 2.27. The van der Waals surface area contributed by atoms with E-state index in [-0.39, 0.29) is 12.4 Å². The Labute approximate surface area is 82.1 Å². The van der Waals surface area contributed by atoms with E-state index in [0.717, 1.165) is 0 Å². The number of halogens is 1. The Morgan fingerprint density at radius 2 is 2.00 bits per heavy atom. The fraction of sp³-hybridized carbons (Fsp3) is 0.200. The van der Waals surface area contributed by atoms with E-state index < -0.39 is 0 Å². The summed E-state index contributed by atoms with van der Waals surface area (Å²) < 4.78 is 0. The molecule has 0 aliphatic rings. The molecule has 0 spiro atoms. The standard InChI is InChI=1S/C10H11ClO2/c1-2-3-7-4-9(11)5-8(6-12)10(7)13/h2,4-5,12-13H,1,3,6H2. The number of phenols is 1. The van der Waals surface area contributed by atoms with Gasteiger partial charge < -0.3 is 10.2 Å². The van der Waals surface area contributed by atoms with Gasteiger partial charge in [-0.2, -0.15) is 0 Å². The summed E-state index contributed by atoms with van der Waals surface area (Å²) in [6.45, 7) is 3.35. The molecule has 0 saturated carbocycles. The quantitative estimate of drug-likeness (QED) is 0.732. The number of rotatable bonds is 3. The lowest BCUT2D eigenvalue weighted by Crippen LogP contribution is -1.90. The largest absolute Gasteiger partial charge is 0.507 e. The van der Waals surface area contributed by atoms with Crippen LogP contribution in [-0.2, 0) is 13.0 Å². The second-order valence-electron chi connectivity index (χ2n) is 2.72. The summed E-state index contributed by atoms with van der Waals surface area (Å²) in [5, 5.41) is 19.0. The molecule has 1 rings (SSSR count). The van der Waals surface area contributed by atoms with Gasteiger partial charge in [0.1, 0.15) is 5.75 Å². The van der Waals surface area contributed by atoms with E-state index in [1.54, 1.807) is 18.2 Å². The lowest BCUT2D eigenvalue weighted by atomic mass is 10.1. The first-order valence-corrected chi connectivity index (χ1v) is 4.29. The Balaban J connectivity index is 3.18. The van der Waals surface area contributed by atoms with E-state index in [4.69, 9.17) is 16.7 Å². The molecular weight excluding hydrogens is 188 g/mol. The van der Waals surface area contributed by atoms with Gasteiger partial charge in [-0.3, -0.25) is 0 Å². The number of aliphatic hydroxyl groups excluding tert-OH is 1. The molecule has 1 aromatic rings. The van der Waals surface area contributed by atoms with Crippen molar-refractivity contribution in [3.05, 3.63) is 40.9 Å². The molecule has 0 aromatic heterocycles. The molecule has 1 aromatic carbocycles. The van der Waals surface area contributed by atoms with E-state index in [9.17, 15) is 5.11 Å². The van der Waals surface area contributed by atoms with Gasteiger partial charge in [0.05, 0.1) is 6.61 Å². The molecule has 0 atom stereocenters. The molecule has 0 fully saturated rings. The number of hydrogen-bond donors (Lipinski definition) is 2. The summed E-state index contributed by atoms with van der Waals surface area (Å²) >= 11 is 5.78. The van der Waals surface area contributed by atoms with Crippen molar-refractivity contribution in [1.29, 1.82) is 0 Å². The van der Waals surface area contributed by atoms with Crippen molar-refractivity contribution in [2.75, 3.05) is 0 Å². The first-order valence-electron chi connectivity index (χ1n) is 3.91. The normalized spacial score (nSPS) is 10.0. The third-order valence-corrected chi connectivity index (χ3v) is 1.99. The smallest absolute Gasteiger partial charge is 0.124 e. The van der Waals surface area contributed by atoms with E-state index >= 15 is 0 Å². The van der Waals surface area contributed by atoms with Gasteiger partial charge in [0.25, 0.3) is 0 Å². The lowest BCUT2D eigenvalue weighted by molar-refractivity contribution is 0.275. The Hall–Kier alpha value is -0.990. The van der Waals surface area contributed by atoms with Gasteiger partial charge in [-0.1, -0.05) is 17.7 Å². The second-order valence-corrected chi connectivity index (χ2v) is 3.16. The average molecular weight is 199 g/mol. The van der Waals surface area contributed by atoms with Crippen LogP contribution in [-0.4, -0.2) is 10.2 Å². The minimum Gasteiger partial charge on any atom is -0.507 e. The van der Waals surface area contributed by atoms with E-state index in [0.29, 0.717) is 22.6 Å². The van der Waals surface area contributed by atoms with Crippen LogP contribution in [0.3, 0.4) is 0 Å². The number of allylic oxidation sites excluding steroid dienone is 1. The average Bonchev–Trinajstić information content (AvgIpc) is 2.11. The minimum absolute atomic E-state index is 0.104. The second kappa shape index (κ2) is 4.30. The molecule has 70 valence electrons. The third kappa shape index (κ3) is 2.23. The van der Waals surface area contributed by atoms with Crippen LogP contribution in [0.25, 0.3) is 0 Å². The molecule has 2 nitrogen and oxygen atoms in total. The highest BCUT2D eigenvalue weighted by Gasteiger charge is 2.06. The highest BCUT2D eigenvalue weighted by Crippen LogP contribution is 2.27. The molecule has 3 heteroatoms. The summed E-state index contributed by atoms with van der Waals surface area (Å²) in [6.07, 6.45) is 2.21. The Kier molecular flexibility index (Phi) is 3.34.